The maximum atomic E-state index is 5.91. The van der Waals surface area contributed by atoms with E-state index in [0.29, 0.717) is 6.54 Å². The van der Waals surface area contributed by atoms with Gasteiger partial charge < -0.3 is 15.2 Å². The van der Waals surface area contributed by atoms with Gasteiger partial charge in [-0.15, -0.1) is 0 Å². The van der Waals surface area contributed by atoms with Crippen LogP contribution in [0.25, 0.3) is 0 Å². The average molecular weight is 216 g/mol. The minimum absolute atomic E-state index is 0.134. The van der Waals surface area contributed by atoms with Crippen LogP contribution in [0, 0.1) is 0 Å². The third kappa shape index (κ3) is 3.41. The van der Waals surface area contributed by atoms with Crippen molar-refractivity contribution in [3.8, 4) is 0 Å². The fraction of sp³-hybridized carbons (Fsp3) is 1.00. The smallest absolute Gasteiger partial charge is 0.0593 e. The van der Waals surface area contributed by atoms with Gasteiger partial charge in [-0.3, -0.25) is 4.90 Å². The first-order valence-corrected chi connectivity index (χ1v) is 5.82. The zero-order chi connectivity index (χ0) is 11.1. The largest absolute Gasteiger partial charge is 0.381 e. The molecule has 90 valence electrons. The molecule has 1 aliphatic rings. The van der Waals surface area contributed by atoms with Gasteiger partial charge in [-0.25, -0.2) is 0 Å². The molecule has 1 fully saturated rings. The lowest BCUT2D eigenvalue weighted by Crippen LogP contribution is -2.56. The lowest BCUT2D eigenvalue weighted by Gasteiger charge is -2.43. The predicted octanol–water partition coefficient (Wildman–Crippen LogP) is 0.463. The van der Waals surface area contributed by atoms with Crippen LogP contribution in [0.5, 0.6) is 0 Å². The maximum Gasteiger partial charge on any atom is 0.0593 e. The quantitative estimate of drug-likeness (QED) is 0.655. The zero-order valence-electron chi connectivity index (χ0n) is 10.00. The molecule has 0 amide bonds. The third-order valence-electron chi connectivity index (χ3n) is 3.39. The van der Waals surface area contributed by atoms with Gasteiger partial charge in [-0.2, -0.15) is 0 Å². The van der Waals surface area contributed by atoms with E-state index in [1.54, 1.807) is 0 Å². The van der Waals surface area contributed by atoms with E-state index in [1.165, 1.54) is 0 Å². The summed E-state index contributed by atoms with van der Waals surface area (Å²) in [6.07, 6.45) is 2.07. The lowest BCUT2D eigenvalue weighted by molar-refractivity contribution is -0.0224. The van der Waals surface area contributed by atoms with Crippen molar-refractivity contribution in [2.75, 3.05) is 46.6 Å². The molecule has 15 heavy (non-hydrogen) atoms. The van der Waals surface area contributed by atoms with E-state index in [0.717, 1.165) is 45.8 Å². The van der Waals surface area contributed by atoms with E-state index in [1.807, 2.05) is 6.92 Å². The minimum atomic E-state index is 0.134. The van der Waals surface area contributed by atoms with Crippen LogP contribution in [0.2, 0.25) is 0 Å². The van der Waals surface area contributed by atoms with Crippen LogP contribution < -0.4 is 5.73 Å². The van der Waals surface area contributed by atoms with Crippen molar-refractivity contribution in [3.05, 3.63) is 0 Å². The Morgan fingerprint density at radius 1 is 1.40 bits per heavy atom. The molecule has 2 N–H and O–H groups in total. The molecule has 1 saturated heterocycles. The fourth-order valence-electron chi connectivity index (χ4n) is 2.08. The van der Waals surface area contributed by atoms with Crippen LogP contribution in [-0.4, -0.2) is 57.0 Å². The van der Waals surface area contributed by atoms with Gasteiger partial charge in [0.05, 0.1) is 6.61 Å². The summed E-state index contributed by atoms with van der Waals surface area (Å²) in [5, 5.41) is 0. The Morgan fingerprint density at radius 2 is 2.07 bits per heavy atom. The van der Waals surface area contributed by atoms with Crippen molar-refractivity contribution in [3.63, 3.8) is 0 Å². The van der Waals surface area contributed by atoms with Gasteiger partial charge in [0, 0.05) is 38.4 Å². The molecule has 0 spiro atoms. The van der Waals surface area contributed by atoms with Crippen LogP contribution in [0.3, 0.4) is 0 Å². The molecule has 0 radical (unpaired) electrons. The molecular weight excluding hydrogens is 192 g/mol. The highest BCUT2D eigenvalue weighted by molar-refractivity contribution is 4.92. The summed E-state index contributed by atoms with van der Waals surface area (Å²) in [6.45, 7) is 6.91. The molecule has 0 bridgehead atoms. The summed E-state index contributed by atoms with van der Waals surface area (Å²) >= 11 is 0. The van der Waals surface area contributed by atoms with E-state index in [-0.39, 0.29) is 5.54 Å². The molecule has 4 nitrogen and oxygen atoms in total. The maximum absolute atomic E-state index is 5.91. The first kappa shape index (κ1) is 12.9. The van der Waals surface area contributed by atoms with Crippen molar-refractivity contribution in [2.24, 2.45) is 5.73 Å². The first-order valence-electron chi connectivity index (χ1n) is 5.82. The second-order valence-electron chi connectivity index (χ2n) is 4.16. The Bertz CT molecular complexity index is 170. The lowest BCUT2D eigenvalue weighted by atomic mass is 9.88. The number of likely N-dealkylation sites (N-methyl/N-ethyl adjacent to an activating group) is 1. The predicted molar refractivity (Wildman–Crippen MR) is 61.0 cm³/mol. The molecule has 1 heterocycles. The minimum Gasteiger partial charge on any atom is -0.381 e. The molecule has 0 aliphatic carbocycles. The normalized spacial score (nSPS) is 20.8. The highest BCUT2D eigenvalue weighted by Crippen LogP contribution is 2.25. The fourth-order valence-corrected chi connectivity index (χ4v) is 2.08. The van der Waals surface area contributed by atoms with Gasteiger partial charge in [0.1, 0.15) is 0 Å². The van der Waals surface area contributed by atoms with Gasteiger partial charge >= 0.3 is 0 Å². The van der Waals surface area contributed by atoms with E-state index in [2.05, 4.69) is 11.9 Å². The second kappa shape index (κ2) is 6.43. The SMILES string of the molecule is CCOCCN(C)C1(CN)CCOCC1. The Labute approximate surface area is 92.7 Å². The number of ether oxygens (including phenoxy) is 2. The van der Waals surface area contributed by atoms with Crippen LogP contribution in [0.1, 0.15) is 19.8 Å². The Hall–Kier alpha value is -0.160. The summed E-state index contributed by atoms with van der Waals surface area (Å²) in [4.78, 5) is 2.34. The topological polar surface area (TPSA) is 47.7 Å². The summed E-state index contributed by atoms with van der Waals surface area (Å²) in [7, 11) is 2.14. The number of hydrogen-bond acceptors (Lipinski definition) is 4. The number of rotatable bonds is 6. The third-order valence-corrected chi connectivity index (χ3v) is 3.39. The van der Waals surface area contributed by atoms with Crippen molar-refractivity contribution in [1.82, 2.24) is 4.90 Å². The molecule has 0 unspecified atom stereocenters. The Morgan fingerprint density at radius 3 is 2.60 bits per heavy atom. The summed E-state index contributed by atoms with van der Waals surface area (Å²) in [5.41, 5.74) is 6.04. The van der Waals surface area contributed by atoms with E-state index in [9.17, 15) is 0 Å². The van der Waals surface area contributed by atoms with Crippen LogP contribution in [0.4, 0.5) is 0 Å². The molecular formula is C11H24N2O2. The molecule has 1 rings (SSSR count). The van der Waals surface area contributed by atoms with Gasteiger partial charge in [0.2, 0.25) is 0 Å². The second-order valence-corrected chi connectivity index (χ2v) is 4.16. The average Bonchev–Trinajstić information content (AvgIpc) is 2.30. The standard InChI is InChI=1S/C11H24N2O2/c1-3-14-9-6-13(2)11(10-12)4-7-15-8-5-11/h3-10,12H2,1-2H3. The number of nitrogens with two attached hydrogens (primary N) is 1. The molecule has 4 heteroatoms. The van der Waals surface area contributed by atoms with E-state index >= 15 is 0 Å². The summed E-state index contributed by atoms with van der Waals surface area (Å²) < 4.78 is 10.8. The van der Waals surface area contributed by atoms with Crippen molar-refractivity contribution in [1.29, 1.82) is 0 Å². The zero-order valence-corrected chi connectivity index (χ0v) is 10.00. The highest BCUT2D eigenvalue weighted by atomic mass is 16.5. The van der Waals surface area contributed by atoms with Gasteiger partial charge in [0.25, 0.3) is 0 Å². The highest BCUT2D eigenvalue weighted by Gasteiger charge is 2.34. The Balaban J connectivity index is 2.40. The van der Waals surface area contributed by atoms with E-state index < -0.39 is 0 Å². The molecule has 0 aromatic heterocycles. The van der Waals surface area contributed by atoms with E-state index in [4.69, 9.17) is 15.2 Å². The van der Waals surface area contributed by atoms with Gasteiger partial charge in [0.15, 0.2) is 0 Å². The van der Waals surface area contributed by atoms with Crippen molar-refractivity contribution < 1.29 is 9.47 Å². The van der Waals surface area contributed by atoms with Crippen LogP contribution in [-0.2, 0) is 9.47 Å². The van der Waals surface area contributed by atoms with Crippen molar-refractivity contribution in [2.45, 2.75) is 25.3 Å². The molecule has 0 saturated carbocycles. The molecule has 0 atom stereocenters. The van der Waals surface area contributed by atoms with Gasteiger partial charge in [-0.05, 0) is 26.8 Å². The first-order chi connectivity index (χ1) is 7.25. The molecule has 1 aliphatic heterocycles. The number of hydrogen-bond donors (Lipinski definition) is 1. The molecule has 0 aromatic carbocycles. The van der Waals surface area contributed by atoms with Crippen LogP contribution in [0.15, 0.2) is 0 Å². The summed E-state index contributed by atoms with van der Waals surface area (Å²) in [5.74, 6) is 0. The summed E-state index contributed by atoms with van der Waals surface area (Å²) in [6, 6.07) is 0. The van der Waals surface area contributed by atoms with Crippen molar-refractivity contribution >= 4 is 0 Å². The van der Waals surface area contributed by atoms with Gasteiger partial charge in [-0.1, -0.05) is 0 Å². The Kier molecular flexibility index (Phi) is 5.53. The van der Waals surface area contributed by atoms with Crippen LogP contribution >= 0.6 is 0 Å². The monoisotopic (exact) mass is 216 g/mol. The number of nitrogens with zero attached hydrogens (tertiary/aromatic N) is 1. The molecule has 0 aromatic rings.